The first-order valence-electron chi connectivity index (χ1n) is 5.97. The van der Waals surface area contributed by atoms with Gasteiger partial charge in [0, 0.05) is 0 Å². The second kappa shape index (κ2) is 6.42. The molecule has 0 atom stereocenters. The molecule has 0 unspecified atom stereocenters. The summed E-state index contributed by atoms with van der Waals surface area (Å²) >= 11 is 1.16. The average molecular weight is 293 g/mol. The van der Waals surface area contributed by atoms with E-state index in [0.29, 0.717) is 11.7 Å². The first-order valence-corrected chi connectivity index (χ1v) is 6.96. The normalized spacial score (nSPS) is 10.5. The Morgan fingerprint density at radius 1 is 1.45 bits per heavy atom. The Morgan fingerprint density at radius 3 is 2.95 bits per heavy atom. The minimum absolute atomic E-state index is 0.0315. The van der Waals surface area contributed by atoms with Crippen molar-refractivity contribution in [3.63, 3.8) is 0 Å². The molecular weight excluding hydrogens is 278 g/mol. The lowest BCUT2D eigenvalue weighted by Gasteiger charge is -2.09. The SMILES string of the molecule is COc1cccc(Cn2c(C)nnc2SCC(=O)O)c1. The first-order chi connectivity index (χ1) is 9.60. The number of ether oxygens (including phenoxy) is 1. The van der Waals surface area contributed by atoms with E-state index in [-0.39, 0.29) is 5.75 Å². The first kappa shape index (κ1) is 14.4. The van der Waals surface area contributed by atoms with E-state index in [1.807, 2.05) is 35.8 Å². The summed E-state index contributed by atoms with van der Waals surface area (Å²) < 4.78 is 7.08. The van der Waals surface area contributed by atoms with Gasteiger partial charge in [-0.05, 0) is 24.6 Å². The summed E-state index contributed by atoms with van der Waals surface area (Å²) in [5.41, 5.74) is 1.05. The topological polar surface area (TPSA) is 77.2 Å². The highest BCUT2D eigenvalue weighted by Crippen LogP contribution is 2.20. The van der Waals surface area contributed by atoms with Crippen LogP contribution in [0.5, 0.6) is 5.75 Å². The molecule has 0 aliphatic carbocycles. The molecule has 1 aromatic carbocycles. The molecule has 6 nitrogen and oxygen atoms in total. The van der Waals surface area contributed by atoms with Crippen LogP contribution in [0.25, 0.3) is 0 Å². The van der Waals surface area contributed by atoms with Crippen LogP contribution in [-0.2, 0) is 11.3 Å². The monoisotopic (exact) mass is 293 g/mol. The third-order valence-electron chi connectivity index (χ3n) is 2.70. The minimum Gasteiger partial charge on any atom is -0.497 e. The van der Waals surface area contributed by atoms with Crippen LogP contribution in [0, 0.1) is 6.92 Å². The Morgan fingerprint density at radius 2 is 2.25 bits per heavy atom. The van der Waals surface area contributed by atoms with Crippen LogP contribution in [-0.4, -0.2) is 38.7 Å². The largest absolute Gasteiger partial charge is 0.497 e. The average Bonchev–Trinajstić information content (AvgIpc) is 2.78. The Bertz CT molecular complexity index is 613. The third-order valence-corrected chi connectivity index (χ3v) is 3.65. The highest BCUT2D eigenvalue weighted by atomic mass is 32.2. The Labute approximate surface area is 120 Å². The van der Waals surface area contributed by atoms with Gasteiger partial charge in [0.1, 0.15) is 11.6 Å². The molecule has 0 amide bonds. The van der Waals surface area contributed by atoms with Gasteiger partial charge in [-0.25, -0.2) is 0 Å². The van der Waals surface area contributed by atoms with Crippen molar-refractivity contribution >= 4 is 17.7 Å². The molecule has 106 valence electrons. The van der Waals surface area contributed by atoms with E-state index in [9.17, 15) is 4.79 Å². The van der Waals surface area contributed by atoms with Gasteiger partial charge >= 0.3 is 5.97 Å². The minimum atomic E-state index is -0.872. The molecule has 0 radical (unpaired) electrons. The van der Waals surface area contributed by atoms with E-state index in [1.54, 1.807) is 7.11 Å². The van der Waals surface area contributed by atoms with Gasteiger partial charge < -0.3 is 14.4 Å². The van der Waals surface area contributed by atoms with Crippen molar-refractivity contribution in [1.29, 1.82) is 0 Å². The number of aromatic nitrogens is 3. The van der Waals surface area contributed by atoms with Crippen molar-refractivity contribution in [3.8, 4) is 5.75 Å². The lowest BCUT2D eigenvalue weighted by atomic mass is 10.2. The van der Waals surface area contributed by atoms with Gasteiger partial charge in [0.2, 0.25) is 0 Å². The molecule has 1 aromatic heterocycles. The van der Waals surface area contributed by atoms with Gasteiger partial charge in [-0.2, -0.15) is 0 Å². The lowest BCUT2D eigenvalue weighted by molar-refractivity contribution is -0.133. The molecular formula is C13H15N3O3S. The lowest BCUT2D eigenvalue weighted by Crippen LogP contribution is -2.06. The van der Waals surface area contributed by atoms with Gasteiger partial charge in [-0.15, -0.1) is 10.2 Å². The summed E-state index contributed by atoms with van der Waals surface area (Å²) in [5.74, 6) is 0.633. The van der Waals surface area contributed by atoms with E-state index in [0.717, 1.165) is 28.9 Å². The third kappa shape index (κ3) is 3.51. The molecule has 1 heterocycles. The maximum Gasteiger partial charge on any atom is 0.313 e. The van der Waals surface area contributed by atoms with Gasteiger partial charge in [0.25, 0.3) is 0 Å². The maximum atomic E-state index is 10.6. The number of benzene rings is 1. The van der Waals surface area contributed by atoms with Crippen LogP contribution in [0.15, 0.2) is 29.4 Å². The fraction of sp³-hybridized carbons (Fsp3) is 0.308. The van der Waals surface area contributed by atoms with Crippen molar-refractivity contribution in [2.45, 2.75) is 18.6 Å². The van der Waals surface area contributed by atoms with E-state index in [1.165, 1.54) is 0 Å². The zero-order valence-corrected chi connectivity index (χ0v) is 12.1. The fourth-order valence-electron chi connectivity index (χ4n) is 1.73. The molecule has 1 N–H and O–H groups in total. The van der Waals surface area contributed by atoms with Gasteiger partial charge in [-0.3, -0.25) is 4.79 Å². The number of carboxylic acid groups (broad SMARTS) is 1. The summed E-state index contributed by atoms with van der Waals surface area (Å²) in [6.45, 7) is 2.43. The summed E-state index contributed by atoms with van der Waals surface area (Å²) in [6, 6.07) is 7.71. The number of rotatable bonds is 6. The number of thioether (sulfide) groups is 1. The second-order valence-corrected chi connectivity index (χ2v) is 5.09. The van der Waals surface area contributed by atoms with E-state index >= 15 is 0 Å². The maximum absolute atomic E-state index is 10.6. The standard InChI is InChI=1S/C13H15N3O3S/c1-9-14-15-13(20-8-12(17)18)16(9)7-10-4-3-5-11(6-10)19-2/h3-6H,7-8H2,1-2H3,(H,17,18). The summed E-state index contributed by atoms with van der Waals surface area (Å²) in [5, 5.41) is 17.3. The zero-order chi connectivity index (χ0) is 14.5. The van der Waals surface area contributed by atoms with Gasteiger partial charge in [0.05, 0.1) is 19.4 Å². The molecule has 0 fully saturated rings. The van der Waals surface area contributed by atoms with E-state index in [2.05, 4.69) is 10.2 Å². The molecule has 2 rings (SSSR count). The summed E-state index contributed by atoms with van der Waals surface area (Å²) in [6.07, 6.45) is 0. The van der Waals surface area contributed by atoms with Crippen LogP contribution in [0.1, 0.15) is 11.4 Å². The molecule has 0 aliphatic heterocycles. The smallest absolute Gasteiger partial charge is 0.313 e. The Kier molecular flexibility index (Phi) is 4.62. The van der Waals surface area contributed by atoms with Crippen molar-refractivity contribution in [2.24, 2.45) is 0 Å². The Hall–Kier alpha value is -2.02. The number of aryl methyl sites for hydroxylation is 1. The second-order valence-electron chi connectivity index (χ2n) is 4.15. The fourth-order valence-corrected chi connectivity index (χ4v) is 2.43. The number of hydrogen-bond acceptors (Lipinski definition) is 5. The van der Waals surface area contributed by atoms with Crippen LogP contribution < -0.4 is 4.74 Å². The highest BCUT2D eigenvalue weighted by Gasteiger charge is 2.11. The molecule has 20 heavy (non-hydrogen) atoms. The van der Waals surface area contributed by atoms with Crippen LogP contribution in [0.3, 0.4) is 0 Å². The molecule has 0 spiro atoms. The van der Waals surface area contributed by atoms with Crippen molar-refractivity contribution in [1.82, 2.24) is 14.8 Å². The van der Waals surface area contributed by atoms with Crippen LogP contribution >= 0.6 is 11.8 Å². The van der Waals surface area contributed by atoms with Gasteiger partial charge in [-0.1, -0.05) is 23.9 Å². The molecule has 0 bridgehead atoms. The number of nitrogens with zero attached hydrogens (tertiary/aromatic N) is 3. The number of hydrogen-bond donors (Lipinski definition) is 1. The predicted molar refractivity (Wildman–Crippen MR) is 75.2 cm³/mol. The molecule has 0 saturated carbocycles. The zero-order valence-electron chi connectivity index (χ0n) is 11.2. The summed E-state index contributed by atoms with van der Waals surface area (Å²) in [7, 11) is 1.62. The highest BCUT2D eigenvalue weighted by molar-refractivity contribution is 7.99. The molecule has 7 heteroatoms. The van der Waals surface area contributed by atoms with E-state index < -0.39 is 5.97 Å². The number of carbonyl (C=O) groups is 1. The predicted octanol–water partition coefficient (Wildman–Crippen LogP) is 1.82. The van der Waals surface area contributed by atoms with Crippen LogP contribution in [0.2, 0.25) is 0 Å². The molecule has 0 aliphatic rings. The number of aliphatic carboxylic acids is 1. The van der Waals surface area contributed by atoms with Crippen molar-refractivity contribution in [2.75, 3.05) is 12.9 Å². The Balaban J connectivity index is 2.19. The summed E-state index contributed by atoms with van der Waals surface area (Å²) in [4.78, 5) is 10.6. The molecule has 2 aromatic rings. The number of methoxy groups -OCH3 is 1. The van der Waals surface area contributed by atoms with Crippen molar-refractivity contribution < 1.29 is 14.6 Å². The van der Waals surface area contributed by atoms with Crippen molar-refractivity contribution in [3.05, 3.63) is 35.7 Å². The number of carboxylic acids is 1. The quantitative estimate of drug-likeness (QED) is 0.819. The molecule has 0 saturated heterocycles. The van der Waals surface area contributed by atoms with Crippen LogP contribution in [0.4, 0.5) is 0 Å². The van der Waals surface area contributed by atoms with Gasteiger partial charge in [0.15, 0.2) is 5.16 Å². The van der Waals surface area contributed by atoms with E-state index in [4.69, 9.17) is 9.84 Å².